The van der Waals surface area contributed by atoms with E-state index in [1.807, 2.05) is 0 Å². The third kappa shape index (κ3) is 20.2. The van der Waals surface area contributed by atoms with Gasteiger partial charge in [-0.25, -0.2) is 0 Å². The van der Waals surface area contributed by atoms with Gasteiger partial charge in [-0.05, 0) is 0 Å². The minimum atomic E-state index is -2.62. The van der Waals surface area contributed by atoms with Crippen LogP contribution in [0.2, 0.25) is 0 Å². The molecule has 1 atom stereocenters. The molecule has 0 aliphatic heterocycles. The molecule has 0 aliphatic carbocycles. The summed E-state index contributed by atoms with van der Waals surface area (Å²) in [6.07, 6.45) is 0. The number of hydrogen-bond donors (Lipinski definition) is 1. The Morgan fingerprint density at radius 3 is 1.71 bits per heavy atom. The summed E-state index contributed by atoms with van der Waals surface area (Å²) in [5.74, 6) is 0. The Morgan fingerprint density at radius 1 is 1.57 bits per heavy atom. The van der Waals surface area contributed by atoms with Crippen molar-refractivity contribution in [3.05, 3.63) is 0 Å². The van der Waals surface area contributed by atoms with Gasteiger partial charge in [-0.1, -0.05) is 0 Å². The van der Waals surface area contributed by atoms with Crippen molar-refractivity contribution < 1.29 is 14.0 Å². The Kier molecular flexibility index (Phi) is 22.1. The van der Waals surface area contributed by atoms with E-state index in [1.165, 1.54) is 7.11 Å². The van der Waals surface area contributed by atoms with E-state index in [-0.39, 0.29) is 24.8 Å². The van der Waals surface area contributed by atoms with Gasteiger partial charge in [-0.15, -0.1) is 24.8 Å². The summed E-state index contributed by atoms with van der Waals surface area (Å²) >= 11 is 0. The molecule has 48 valence electrons. The predicted octanol–water partition coefficient (Wildman–Crippen LogP) is 0.858. The molecule has 0 aliphatic rings. The van der Waals surface area contributed by atoms with Gasteiger partial charge >= 0.3 is 8.25 Å². The van der Waals surface area contributed by atoms with Gasteiger partial charge in [0.25, 0.3) is 0 Å². The molecule has 3 nitrogen and oxygen atoms in total. The van der Waals surface area contributed by atoms with Crippen LogP contribution in [-0.2, 0) is 9.09 Å². The summed E-state index contributed by atoms with van der Waals surface area (Å²) in [5.41, 5.74) is 0. The predicted molar refractivity (Wildman–Crippen MR) is 32.7 cm³/mol. The summed E-state index contributed by atoms with van der Waals surface area (Å²) in [6, 6.07) is 0. The molecule has 0 saturated heterocycles. The highest BCUT2D eigenvalue weighted by Gasteiger charge is 1.74. The lowest BCUT2D eigenvalue weighted by molar-refractivity contribution is 0.343. The first-order valence-corrected chi connectivity index (χ1v) is 2.30. The van der Waals surface area contributed by atoms with E-state index < -0.39 is 8.25 Å². The van der Waals surface area contributed by atoms with Crippen molar-refractivity contribution in [2.75, 3.05) is 7.11 Å². The van der Waals surface area contributed by atoms with E-state index in [2.05, 4.69) is 4.52 Å². The molecule has 0 aromatic rings. The first-order chi connectivity index (χ1) is 2.27. The van der Waals surface area contributed by atoms with Crippen LogP contribution < -0.4 is 0 Å². The maximum absolute atomic E-state index is 9.33. The van der Waals surface area contributed by atoms with Gasteiger partial charge in [0.05, 0.1) is 0 Å². The second-order valence-corrected chi connectivity index (χ2v) is 1.41. The molecule has 7 heavy (non-hydrogen) atoms. The van der Waals surface area contributed by atoms with E-state index >= 15 is 0 Å². The summed E-state index contributed by atoms with van der Waals surface area (Å²) in [5, 5.41) is 0. The molecular weight excluding hydrogens is 162 g/mol. The van der Waals surface area contributed by atoms with Crippen molar-refractivity contribution >= 4 is 33.1 Å². The Bertz CT molecular complexity index is 48.2. The van der Waals surface area contributed by atoms with Crippen molar-refractivity contribution in [1.29, 1.82) is 0 Å². The second kappa shape index (κ2) is 9.88. The van der Waals surface area contributed by atoms with Crippen molar-refractivity contribution in [3.8, 4) is 0 Å². The standard InChI is InChI=1S/CH5O3P.2ClH/c1-4-5(2)3;;/h5H,1H3,(H,2,3);2*1H. The van der Waals surface area contributed by atoms with Gasteiger partial charge in [0.1, 0.15) is 0 Å². The maximum Gasteiger partial charge on any atom is 0.316 e. The lowest BCUT2D eigenvalue weighted by Gasteiger charge is -1.78. The van der Waals surface area contributed by atoms with Crippen LogP contribution in [0.3, 0.4) is 0 Å². The second-order valence-electron chi connectivity index (χ2n) is 0.470. The molecule has 0 aromatic carbocycles. The molecule has 0 radical (unpaired) electrons. The molecule has 6 heteroatoms. The number of halogens is 2. The fourth-order valence-corrected chi connectivity index (χ4v) is 0. The quantitative estimate of drug-likeness (QED) is 0.592. The van der Waals surface area contributed by atoms with Crippen LogP contribution in [0.15, 0.2) is 0 Å². The van der Waals surface area contributed by atoms with Crippen LogP contribution in [0.4, 0.5) is 0 Å². The van der Waals surface area contributed by atoms with Gasteiger partial charge in [0, 0.05) is 7.11 Å². The van der Waals surface area contributed by atoms with Crippen LogP contribution in [-0.4, -0.2) is 12.0 Å². The maximum atomic E-state index is 9.33. The first-order valence-electron chi connectivity index (χ1n) is 1.04. The molecule has 0 saturated carbocycles. The average Bonchev–Trinajstić information content (AvgIpc) is 1.38. The third-order valence-corrected chi connectivity index (χ3v) is 0.524. The van der Waals surface area contributed by atoms with Crippen LogP contribution in [0, 0.1) is 0 Å². The van der Waals surface area contributed by atoms with Crippen LogP contribution >= 0.6 is 33.1 Å². The highest BCUT2D eigenvalue weighted by Crippen LogP contribution is 2.09. The molecule has 1 N–H and O–H groups in total. The Morgan fingerprint density at radius 2 is 1.71 bits per heavy atom. The van der Waals surface area contributed by atoms with Crippen LogP contribution in [0.5, 0.6) is 0 Å². The normalized spacial score (nSPS) is 10.6. The summed E-state index contributed by atoms with van der Waals surface area (Å²) in [4.78, 5) is 7.69. The molecule has 0 spiro atoms. The monoisotopic (exact) mass is 168 g/mol. The van der Waals surface area contributed by atoms with Crippen molar-refractivity contribution in [2.24, 2.45) is 0 Å². The molecule has 0 aromatic heterocycles. The Hall–Kier alpha value is 0.730. The van der Waals surface area contributed by atoms with E-state index in [4.69, 9.17) is 4.89 Å². The van der Waals surface area contributed by atoms with Gasteiger partial charge in [-0.3, -0.25) is 4.57 Å². The summed E-state index contributed by atoms with van der Waals surface area (Å²) in [6.45, 7) is 0. The molecule has 0 rings (SSSR count). The van der Waals surface area contributed by atoms with Crippen molar-refractivity contribution in [3.63, 3.8) is 0 Å². The first kappa shape index (κ1) is 15.6. The minimum Gasteiger partial charge on any atom is -0.326 e. The highest BCUT2D eigenvalue weighted by molar-refractivity contribution is 7.32. The van der Waals surface area contributed by atoms with Crippen LogP contribution in [0.25, 0.3) is 0 Å². The molecule has 0 heterocycles. The lowest BCUT2D eigenvalue weighted by atomic mass is 11.8. The number of hydrogen-bond acceptors (Lipinski definition) is 2. The zero-order valence-electron chi connectivity index (χ0n) is 3.58. The lowest BCUT2D eigenvalue weighted by Crippen LogP contribution is -1.57. The van der Waals surface area contributed by atoms with E-state index in [9.17, 15) is 4.57 Å². The highest BCUT2D eigenvalue weighted by atomic mass is 35.5. The third-order valence-electron chi connectivity index (χ3n) is 0.175. The van der Waals surface area contributed by atoms with E-state index in [0.29, 0.717) is 0 Å². The smallest absolute Gasteiger partial charge is 0.316 e. The fraction of sp³-hybridized carbons (Fsp3) is 1.00. The molecule has 0 amide bonds. The zero-order chi connectivity index (χ0) is 4.28. The molecule has 0 bridgehead atoms. The van der Waals surface area contributed by atoms with Crippen LogP contribution in [0.1, 0.15) is 0 Å². The van der Waals surface area contributed by atoms with Crippen molar-refractivity contribution in [2.45, 2.75) is 0 Å². The number of rotatable bonds is 1. The molecule has 0 fully saturated rings. The van der Waals surface area contributed by atoms with Gasteiger partial charge < -0.3 is 9.42 Å². The van der Waals surface area contributed by atoms with Crippen molar-refractivity contribution in [1.82, 2.24) is 0 Å². The van der Waals surface area contributed by atoms with Gasteiger partial charge in [0.2, 0.25) is 0 Å². The Balaban J connectivity index is -0.0000000800. The SMILES string of the molecule is CO[PH](=O)O.Cl.Cl. The van der Waals surface area contributed by atoms with E-state index in [1.54, 1.807) is 0 Å². The Labute approximate surface area is 54.8 Å². The summed E-state index contributed by atoms with van der Waals surface area (Å²) in [7, 11) is -1.44. The summed E-state index contributed by atoms with van der Waals surface area (Å²) < 4.78 is 13.2. The average molecular weight is 169 g/mol. The molecule has 1 unspecified atom stereocenters. The van der Waals surface area contributed by atoms with E-state index in [0.717, 1.165) is 0 Å². The van der Waals surface area contributed by atoms with Gasteiger partial charge in [0.15, 0.2) is 0 Å². The zero-order valence-corrected chi connectivity index (χ0v) is 6.21. The molecular formula is CH7Cl2O3P. The fourth-order valence-electron chi connectivity index (χ4n) is 0. The van der Waals surface area contributed by atoms with Gasteiger partial charge in [-0.2, -0.15) is 0 Å². The minimum absolute atomic E-state index is 0. The topological polar surface area (TPSA) is 46.5 Å². The largest absolute Gasteiger partial charge is 0.326 e.